The number of sulfone groups is 1. The van der Waals surface area contributed by atoms with E-state index in [2.05, 4.69) is 0 Å². The lowest BCUT2D eigenvalue weighted by Gasteiger charge is -2.04. The normalized spacial score (nSPS) is 22.3. The fourth-order valence-corrected chi connectivity index (χ4v) is 3.76. The van der Waals surface area contributed by atoms with Gasteiger partial charge in [0, 0.05) is 12.3 Å². The Morgan fingerprint density at radius 3 is 2.87 bits per heavy atom. The van der Waals surface area contributed by atoms with Crippen molar-refractivity contribution >= 4 is 16.1 Å². The second kappa shape index (κ2) is 3.41. The average molecular weight is 228 g/mol. The average Bonchev–Trinajstić information content (AvgIpc) is 2.39. The van der Waals surface area contributed by atoms with Crippen molar-refractivity contribution < 1.29 is 17.6 Å². The largest absolute Gasteiger partial charge is 0.303 e. The number of hydrogen-bond donors (Lipinski definition) is 0. The molecule has 0 aromatic heterocycles. The highest BCUT2D eigenvalue weighted by Crippen LogP contribution is 2.36. The zero-order valence-electron chi connectivity index (χ0n) is 7.81. The lowest BCUT2D eigenvalue weighted by atomic mass is 9.99. The highest BCUT2D eigenvalue weighted by atomic mass is 32.2. The molecule has 0 saturated carbocycles. The molecule has 0 N–H and O–H groups in total. The van der Waals surface area contributed by atoms with Gasteiger partial charge < -0.3 is 4.79 Å². The molecule has 0 spiro atoms. The van der Waals surface area contributed by atoms with Crippen molar-refractivity contribution in [1.82, 2.24) is 0 Å². The first-order valence-corrected chi connectivity index (χ1v) is 6.15. The minimum absolute atomic E-state index is 0.0927. The van der Waals surface area contributed by atoms with Gasteiger partial charge in [0.1, 0.15) is 12.1 Å². The predicted octanol–water partition coefficient (Wildman–Crippen LogP) is 1.29. The number of carbonyl (C=O) groups excluding carboxylic acids is 1. The molecule has 1 aromatic rings. The molecule has 1 aromatic carbocycles. The molecule has 80 valence electrons. The summed E-state index contributed by atoms with van der Waals surface area (Å²) in [6.45, 7) is 0. The fraction of sp³-hybridized carbons (Fsp3) is 0.300. The molecular formula is C10H9FO3S. The standard InChI is InChI=1S/C10H9FO3S/c11-8-1-2-10-9(5-8)7(3-4-12)6-15(10,13)14/h1-2,4-5,7H,3,6H2. The van der Waals surface area contributed by atoms with Gasteiger partial charge in [0.2, 0.25) is 0 Å². The Labute approximate surface area is 86.8 Å². The smallest absolute Gasteiger partial charge is 0.179 e. The monoisotopic (exact) mass is 228 g/mol. The van der Waals surface area contributed by atoms with E-state index in [4.69, 9.17) is 0 Å². The number of carbonyl (C=O) groups is 1. The van der Waals surface area contributed by atoms with Crippen LogP contribution in [0.4, 0.5) is 4.39 Å². The summed E-state index contributed by atoms with van der Waals surface area (Å²) in [6, 6.07) is 3.60. The quantitative estimate of drug-likeness (QED) is 0.566. The third-order valence-corrected chi connectivity index (χ3v) is 4.43. The molecular weight excluding hydrogens is 219 g/mol. The molecule has 1 aliphatic rings. The van der Waals surface area contributed by atoms with Crippen LogP contribution in [0.5, 0.6) is 0 Å². The summed E-state index contributed by atoms with van der Waals surface area (Å²) < 4.78 is 36.2. The van der Waals surface area contributed by atoms with E-state index < -0.39 is 21.6 Å². The van der Waals surface area contributed by atoms with Gasteiger partial charge in [-0.2, -0.15) is 0 Å². The molecule has 1 unspecified atom stereocenters. The van der Waals surface area contributed by atoms with Crippen LogP contribution >= 0.6 is 0 Å². The van der Waals surface area contributed by atoms with E-state index in [-0.39, 0.29) is 17.1 Å². The number of rotatable bonds is 2. The number of halogens is 1. The van der Waals surface area contributed by atoms with Crippen molar-refractivity contribution in [1.29, 1.82) is 0 Å². The summed E-state index contributed by atoms with van der Waals surface area (Å²) in [4.78, 5) is 10.5. The van der Waals surface area contributed by atoms with E-state index >= 15 is 0 Å². The van der Waals surface area contributed by atoms with E-state index in [0.29, 0.717) is 11.8 Å². The Hall–Kier alpha value is -1.23. The number of benzene rings is 1. The number of hydrogen-bond acceptors (Lipinski definition) is 3. The van der Waals surface area contributed by atoms with E-state index in [1.165, 1.54) is 12.1 Å². The van der Waals surface area contributed by atoms with Crippen molar-refractivity contribution in [2.24, 2.45) is 0 Å². The Bertz CT molecular complexity index is 507. The summed E-state index contributed by atoms with van der Waals surface area (Å²) in [5.41, 5.74) is 0.433. The van der Waals surface area contributed by atoms with Gasteiger partial charge in [0.05, 0.1) is 10.6 Å². The maximum absolute atomic E-state index is 12.9. The Kier molecular flexibility index (Phi) is 2.34. The van der Waals surface area contributed by atoms with Crippen LogP contribution < -0.4 is 0 Å². The van der Waals surface area contributed by atoms with Gasteiger partial charge >= 0.3 is 0 Å². The van der Waals surface area contributed by atoms with Gasteiger partial charge in [-0.15, -0.1) is 0 Å². The molecule has 1 atom stereocenters. The third-order valence-electron chi connectivity index (χ3n) is 2.55. The van der Waals surface area contributed by atoms with Gasteiger partial charge in [-0.3, -0.25) is 0 Å². The van der Waals surface area contributed by atoms with Gasteiger partial charge in [-0.25, -0.2) is 12.8 Å². The summed E-state index contributed by atoms with van der Waals surface area (Å²) in [5, 5.41) is 0. The lowest BCUT2D eigenvalue weighted by molar-refractivity contribution is -0.108. The molecule has 0 radical (unpaired) electrons. The van der Waals surface area contributed by atoms with Gasteiger partial charge in [-0.1, -0.05) is 0 Å². The van der Waals surface area contributed by atoms with Gasteiger partial charge in [0.15, 0.2) is 9.84 Å². The molecule has 0 amide bonds. The molecule has 3 nitrogen and oxygen atoms in total. The first kappa shape index (κ1) is 10.3. The number of aldehydes is 1. The highest BCUT2D eigenvalue weighted by molar-refractivity contribution is 7.91. The molecule has 0 saturated heterocycles. The summed E-state index contributed by atoms with van der Waals surface area (Å²) >= 11 is 0. The van der Waals surface area contributed by atoms with E-state index in [1.54, 1.807) is 0 Å². The van der Waals surface area contributed by atoms with Crippen molar-refractivity contribution in [3.05, 3.63) is 29.6 Å². The van der Waals surface area contributed by atoms with Crippen LogP contribution in [0.15, 0.2) is 23.1 Å². The first-order valence-electron chi connectivity index (χ1n) is 4.50. The zero-order chi connectivity index (χ0) is 11.1. The third kappa shape index (κ3) is 1.67. The topological polar surface area (TPSA) is 51.2 Å². The van der Waals surface area contributed by atoms with Crippen molar-refractivity contribution in [2.75, 3.05) is 5.75 Å². The van der Waals surface area contributed by atoms with Crippen LogP contribution in [0.25, 0.3) is 0 Å². The van der Waals surface area contributed by atoms with Crippen LogP contribution in [-0.2, 0) is 14.6 Å². The van der Waals surface area contributed by atoms with Crippen LogP contribution in [0.2, 0.25) is 0 Å². The van der Waals surface area contributed by atoms with Crippen molar-refractivity contribution in [2.45, 2.75) is 17.2 Å². The minimum Gasteiger partial charge on any atom is -0.303 e. The molecule has 1 heterocycles. The molecule has 0 bridgehead atoms. The lowest BCUT2D eigenvalue weighted by Crippen LogP contribution is -2.03. The molecule has 15 heavy (non-hydrogen) atoms. The Morgan fingerprint density at radius 1 is 1.47 bits per heavy atom. The van der Waals surface area contributed by atoms with Crippen molar-refractivity contribution in [3.63, 3.8) is 0 Å². The minimum atomic E-state index is -3.32. The van der Waals surface area contributed by atoms with Gasteiger partial charge in [0.25, 0.3) is 0 Å². The van der Waals surface area contributed by atoms with Gasteiger partial charge in [-0.05, 0) is 23.8 Å². The fourth-order valence-electron chi connectivity index (χ4n) is 1.88. The second-order valence-corrected chi connectivity index (χ2v) is 5.57. The number of fused-ring (bicyclic) bond motifs is 1. The summed E-state index contributed by atoms with van der Waals surface area (Å²) in [5.74, 6) is -0.954. The second-order valence-electron chi connectivity index (χ2n) is 3.56. The van der Waals surface area contributed by atoms with E-state index in [1.807, 2.05) is 0 Å². The van der Waals surface area contributed by atoms with E-state index in [0.717, 1.165) is 6.07 Å². The molecule has 5 heteroatoms. The molecule has 0 fully saturated rings. The zero-order valence-corrected chi connectivity index (χ0v) is 8.63. The van der Waals surface area contributed by atoms with Crippen LogP contribution in [0.3, 0.4) is 0 Å². The molecule has 0 aliphatic carbocycles. The molecule has 2 rings (SSSR count). The van der Waals surface area contributed by atoms with Crippen molar-refractivity contribution in [3.8, 4) is 0 Å². The first-order chi connectivity index (χ1) is 7.04. The predicted molar refractivity (Wildman–Crippen MR) is 51.9 cm³/mol. The maximum atomic E-state index is 12.9. The summed E-state index contributed by atoms with van der Waals surface area (Å²) in [7, 11) is -3.32. The van der Waals surface area contributed by atoms with Crippen LogP contribution in [-0.4, -0.2) is 20.5 Å². The Balaban J connectivity index is 2.58. The Morgan fingerprint density at radius 2 is 2.20 bits per heavy atom. The molecule has 1 aliphatic heterocycles. The van der Waals surface area contributed by atoms with E-state index in [9.17, 15) is 17.6 Å². The summed E-state index contributed by atoms with van der Waals surface area (Å²) in [6.07, 6.45) is 0.788. The van der Waals surface area contributed by atoms with Crippen LogP contribution in [0.1, 0.15) is 17.9 Å². The van der Waals surface area contributed by atoms with Crippen LogP contribution in [0, 0.1) is 5.82 Å². The maximum Gasteiger partial charge on any atom is 0.179 e. The highest BCUT2D eigenvalue weighted by Gasteiger charge is 2.34. The SMILES string of the molecule is O=CCC1CS(=O)(=O)c2ccc(F)cc21.